The van der Waals surface area contributed by atoms with Crippen molar-refractivity contribution in [3.63, 3.8) is 0 Å². The number of carbonyl (C=O) groups is 2. The molecular weight excluding hydrogens is 442 g/mol. The zero-order valence-corrected chi connectivity index (χ0v) is 21.1. The number of aliphatic hydroxyl groups excluding tert-OH is 1. The van der Waals surface area contributed by atoms with Crippen molar-refractivity contribution in [3.05, 3.63) is 65.5 Å². The lowest BCUT2D eigenvalue weighted by molar-refractivity contribution is -0.140. The number of ketones is 1. The van der Waals surface area contributed by atoms with E-state index in [4.69, 9.17) is 4.74 Å². The van der Waals surface area contributed by atoms with Crippen LogP contribution < -0.4 is 4.74 Å². The summed E-state index contributed by atoms with van der Waals surface area (Å²) in [7, 11) is 0. The highest BCUT2D eigenvalue weighted by Crippen LogP contribution is 2.40. The van der Waals surface area contributed by atoms with Gasteiger partial charge < -0.3 is 19.6 Å². The quantitative estimate of drug-likeness (QED) is 0.192. The summed E-state index contributed by atoms with van der Waals surface area (Å²) in [5.41, 5.74) is 1.31. The topological polar surface area (TPSA) is 83.0 Å². The van der Waals surface area contributed by atoms with Gasteiger partial charge in [-0.3, -0.25) is 14.6 Å². The Kier molecular flexibility index (Phi) is 9.85. The zero-order valence-electron chi connectivity index (χ0n) is 21.1. The number of aromatic nitrogens is 1. The molecular formula is C28H37N3O4. The molecule has 1 fully saturated rings. The number of hydrogen-bond donors (Lipinski definition) is 1. The number of likely N-dealkylation sites (tertiary alicyclic amines) is 1. The molecule has 35 heavy (non-hydrogen) atoms. The summed E-state index contributed by atoms with van der Waals surface area (Å²) in [6, 6.07) is 10.1. The van der Waals surface area contributed by atoms with E-state index in [0.29, 0.717) is 24.5 Å². The lowest BCUT2D eigenvalue weighted by atomic mass is 9.95. The number of unbranched alkanes of at least 4 members (excludes halogenated alkanes) is 2. The monoisotopic (exact) mass is 479 g/mol. The highest BCUT2D eigenvalue weighted by molar-refractivity contribution is 6.46. The first-order valence-corrected chi connectivity index (χ1v) is 12.7. The lowest BCUT2D eigenvalue weighted by Gasteiger charge is -2.27. The molecule has 1 aromatic heterocycles. The van der Waals surface area contributed by atoms with Crippen LogP contribution in [0.3, 0.4) is 0 Å². The summed E-state index contributed by atoms with van der Waals surface area (Å²) in [5, 5.41) is 11.1. The number of carbonyl (C=O) groups excluding carboxylic acids is 2. The molecule has 1 atom stereocenters. The van der Waals surface area contributed by atoms with E-state index in [1.807, 2.05) is 24.3 Å². The fourth-order valence-corrected chi connectivity index (χ4v) is 4.44. The van der Waals surface area contributed by atoms with Gasteiger partial charge in [-0.2, -0.15) is 0 Å². The van der Waals surface area contributed by atoms with E-state index in [2.05, 4.69) is 30.7 Å². The predicted molar refractivity (Wildman–Crippen MR) is 137 cm³/mol. The molecule has 3 rings (SSSR count). The molecule has 1 saturated heterocycles. The highest BCUT2D eigenvalue weighted by atomic mass is 16.5. The van der Waals surface area contributed by atoms with Gasteiger partial charge in [-0.15, -0.1) is 0 Å². The SMILES string of the molecule is CCCCCOc1cccc(C2/C(=C(\O)c3ccncc3)C(=O)C(=O)N2CCCN(CC)CC)c1. The summed E-state index contributed by atoms with van der Waals surface area (Å²) in [6.07, 6.45) is 7.00. The van der Waals surface area contributed by atoms with Gasteiger partial charge in [0.25, 0.3) is 11.7 Å². The van der Waals surface area contributed by atoms with E-state index in [1.165, 1.54) is 0 Å². The molecule has 0 radical (unpaired) electrons. The van der Waals surface area contributed by atoms with Gasteiger partial charge in [0.1, 0.15) is 11.5 Å². The van der Waals surface area contributed by atoms with Gasteiger partial charge in [0, 0.05) is 24.5 Å². The summed E-state index contributed by atoms with van der Waals surface area (Å²) >= 11 is 0. The number of aliphatic hydroxyl groups is 1. The maximum Gasteiger partial charge on any atom is 0.295 e. The van der Waals surface area contributed by atoms with Crippen LogP contribution in [0.4, 0.5) is 0 Å². The van der Waals surface area contributed by atoms with Crippen molar-refractivity contribution in [2.45, 2.75) is 52.5 Å². The van der Waals surface area contributed by atoms with Gasteiger partial charge in [-0.25, -0.2) is 0 Å². The van der Waals surface area contributed by atoms with Crippen LogP contribution in [0.5, 0.6) is 5.75 Å². The van der Waals surface area contributed by atoms with E-state index in [0.717, 1.165) is 50.9 Å². The molecule has 7 nitrogen and oxygen atoms in total. The van der Waals surface area contributed by atoms with Crippen molar-refractivity contribution in [2.75, 3.05) is 32.8 Å². The smallest absolute Gasteiger partial charge is 0.295 e. The van der Waals surface area contributed by atoms with Crippen molar-refractivity contribution >= 4 is 17.4 Å². The molecule has 1 aliphatic heterocycles. The molecule has 2 heterocycles. The standard InChI is InChI=1S/C28H37N3O4/c1-4-7-8-19-35-23-12-9-11-22(20-23)25-24(26(32)21-13-15-29-16-14-21)27(33)28(34)31(25)18-10-17-30(5-2)6-3/h9,11-16,20,25,32H,4-8,10,17-19H2,1-3H3/b26-24+. The minimum absolute atomic E-state index is 0.104. The van der Waals surface area contributed by atoms with Crippen molar-refractivity contribution in [2.24, 2.45) is 0 Å². The number of hydrogen-bond acceptors (Lipinski definition) is 6. The Morgan fingerprint density at radius 2 is 1.80 bits per heavy atom. The first-order chi connectivity index (χ1) is 17.0. The van der Waals surface area contributed by atoms with Crippen LogP contribution in [-0.4, -0.2) is 64.4 Å². The average Bonchev–Trinajstić information content (AvgIpc) is 3.14. The van der Waals surface area contributed by atoms with Crippen LogP contribution in [0.1, 0.15) is 63.6 Å². The Morgan fingerprint density at radius 1 is 1.06 bits per heavy atom. The Balaban J connectivity index is 1.96. The van der Waals surface area contributed by atoms with Crippen LogP contribution in [0.15, 0.2) is 54.4 Å². The van der Waals surface area contributed by atoms with Gasteiger partial charge in [-0.1, -0.05) is 45.7 Å². The number of rotatable bonds is 13. The van der Waals surface area contributed by atoms with Gasteiger partial charge in [0.05, 0.1) is 18.2 Å². The molecule has 1 aliphatic rings. The van der Waals surface area contributed by atoms with E-state index >= 15 is 0 Å². The Bertz CT molecular complexity index is 1020. The van der Waals surface area contributed by atoms with Gasteiger partial charge in [0.2, 0.25) is 0 Å². The molecule has 0 aliphatic carbocycles. The number of pyridine rings is 1. The van der Waals surface area contributed by atoms with E-state index in [9.17, 15) is 14.7 Å². The van der Waals surface area contributed by atoms with E-state index < -0.39 is 17.7 Å². The van der Waals surface area contributed by atoms with Crippen LogP contribution in [0, 0.1) is 0 Å². The minimum atomic E-state index is -0.681. The van der Waals surface area contributed by atoms with Crippen LogP contribution in [0.2, 0.25) is 0 Å². The zero-order chi connectivity index (χ0) is 25.2. The first kappa shape index (κ1) is 26.4. The lowest BCUT2D eigenvalue weighted by Crippen LogP contribution is -2.33. The molecule has 1 unspecified atom stereocenters. The number of benzene rings is 1. The summed E-state index contributed by atoms with van der Waals surface area (Å²) in [5.74, 6) is -0.742. The highest BCUT2D eigenvalue weighted by Gasteiger charge is 2.45. The Morgan fingerprint density at radius 3 is 2.49 bits per heavy atom. The third-order valence-corrected chi connectivity index (χ3v) is 6.45. The third kappa shape index (κ3) is 6.48. The molecule has 1 N–H and O–H groups in total. The largest absolute Gasteiger partial charge is 0.507 e. The molecule has 0 saturated carbocycles. The van der Waals surface area contributed by atoms with Crippen molar-refractivity contribution in [1.29, 1.82) is 0 Å². The Hall–Kier alpha value is -3.19. The predicted octanol–water partition coefficient (Wildman–Crippen LogP) is 4.80. The second-order valence-electron chi connectivity index (χ2n) is 8.74. The molecule has 2 aromatic rings. The molecule has 1 aromatic carbocycles. The first-order valence-electron chi connectivity index (χ1n) is 12.7. The summed E-state index contributed by atoms with van der Waals surface area (Å²) in [6.45, 7) is 10.1. The molecule has 0 bridgehead atoms. The third-order valence-electron chi connectivity index (χ3n) is 6.45. The van der Waals surface area contributed by atoms with E-state index in [1.54, 1.807) is 29.4 Å². The maximum atomic E-state index is 13.2. The van der Waals surface area contributed by atoms with Gasteiger partial charge in [-0.05, 0) is 62.3 Å². The normalized spacial score (nSPS) is 17.4. The second-order valence-corrected chi connectivity index (χ2v) is 8.74. The minimum Gasteiger partial charge on any atom is -0.507 e. The summed E-state index contributed by atoms with van der Waals surface area (Å²) in [4.78, 5) is 34.2. The number of amides is 1. The fourth-order valence-electron chi connectivity index (χ4n) is 4.44. The van der Waals surface area contributed by atoms with Crippen molar-refractivity contribution < 1.29 is 19.4 Å². The molecule has 0 spiro atoms. The van der Waals surface area contributed by atoms with Gasteiger partial charge in [0.15, 0.2) is 0 Å². The van der Waals surface area contributed by atoms with Gasteiger partial charge >= 0.3 is 0 Å². The molecule has 188 valence electrons. The number of Topliss-reactive ketones (excluding diaryl/α,β-unsaturated/α-hetero) is 1. The van der Waals surface area contributed by atoms with E-state index in [-0.39, 0.29) is 11.3 Å². The molecule has 7 heteroatoms. The van der Waals surface area contributed by atoms with Crippen molar-refractivity contribution in [3.8, 4) is 5.75 Å². The number of ether oxygens (including phenoxy) is 1. The van der Waals surface area contributed by atoms with Crippen molar-refractivity contribution in [1.82, 2.24) is 14.8 Å². The number of nitrogens with zero attached hydrogens (tertiary/aromatic N) is 3. The van der Waals surface area contributed by atoms with Crippen LogP contribution in [-0.2, 0) is 9.59 Å². The second kappa shape index (κ2) is 13.0. The summed E-state index contributed by atoms with van der Waals surface area (Å²) < 4.78 is 5.94. The molecule has 1 amide bonds. The van der Waals surface area contributed by atoms with Crippen LogP contribution in [0.25, 0.3) is 5.76 Å². The average molecular weight is 480 g/mol. The Labute approximate surface area is 208 Å². The maximum absolute atomic E-state index is 13.2. The fraction of sp³-hybridized carbons (Fsp3) is 0.464. The van der Waals surface area contributed by atoms with Crippen LogP contribution >= 0.6 is 0 Å².